The van der Waals surface area contributed by atoms with Gasteiger partial charge in [0.15, 0.2) is 11.5 Å². The van der Waals surface area contributed by atoms with Crippen molar-refractivity contribution in [1.29, 1.82) is 0 Å². The first-order chi connectivity index (χ1) is 13.1. The molecule has 0 bridgehead atoms. The van der Waals surface area contributed by atoms with Crippen molar-refractivity contribution in [2.24, 2.45) is 0 Å². The third-order valence-corrected chi connectivity index (χ3v) is 4.71. The Bertz CT molecular complexity index is 1120. The van der Waals surface area contributed by atoms with Crippen LogP contribution in [0.4, 0.5) is 5.69 Å². The number of nitrogens with zero attached hydrogens (tertiary/aromatic N) is 3. The van der Waals surface area contributed by atoms with Crippen molar-refractivity contribution >= 4 is 27.5 Å². The van der Waals surface area contributed by atoms with E-state index >= 15 is 0 Å². The lowest BCUT2D eigenvalue weighted by Crippen LogP contribution is -2.08. The van der Waals surface area contributed by atoms with Gasteiger partial charge in [0, 0.05) is 42.3 Å². The van der Waals surface area contributed by atoms with Crippen LogP contribution < -0.4 is 14.4 Å². The highest BCUT2D eigenvalue weighted by atomic mass is 16.5. The predicted molar refractivity (Wildman–Crippen MR) is 110 cm³/mol. The molecule has 0 spiro atoms. The second-order valence-electron chi connectivity index (χ2n) is 6.53. The van der Waals surface area contributed by atoms with Crippen LogP contribution in [0.2, 0.25) is 0 Å². The highest BCUT2D eigenvalue weighted by Gasteiger charge is 2.15. The summed E-state index contributed by atoms with van der Waals surface area (Å²) in [5.41, 5.74) is 4.79. The molecule has 2 aromatic heterocycles. The highest BCUT2D eigenvalue weighted by Crippen LogP contribution is 2.39. The van der Waals surface area contributed by atoms with Crippen molar-refractivity contribution in [2.75, 3.05) is 33.2 Å². The fourth-order valence-corrected chi connectivity index (χ4v) is 3.28. The molecule has 2 aromatic carbocycles. The van der Waals surface area contributed by atoms with E-state index in [9.17, 15) is 0 Å². The lowest BCUT2D eigenvalue weighted by Gasteiger charge is -2.15. The molecule has 0 N–H and O–H groups in total. The quantitative estimate of drug-likeness (QED) is 0.501. The molecule has 0 aliphatic heterocycles. The van der Waals surface area contributed by atoms with E-state index in [1.165, 1.54) is 0 Å². The molecule has 0 unspecified atom stereocenters. The zero-order chi connectivity index (χ0) is 19.0. The van der Waals surface area contributed by atoms with Crippen LogP contribution in [-0.2, 0) is 0 Å². The van der Waals surface area contributed by atoms with Crippen LogP contribution in [0, 0.1) is 0 Å². The van der Waals surface area contributed by atoms with Gasteiger partial charge in [-0.3, -0.25) is 4.98 Å². The minimum absolute atomic E-state index is 0.674. The van der Waals surface area contributed by atoms with Crippen molar-refractivity contribution in [1.82, 2.24) is 9.97 Å². The first-order valence-electron chi connectivity index (χ1n) is 8.70. The minimum Gasteiger partial charge on any atom is -0.493 e. The first-order valence-corrected chi connectivity index (χ1v) is 8.70. The molecular formula is C22H21N3O2. The number of hydrogen-bond acceptors (Lipinski definition) is 5. The van der Waals surface area contributed by atoms with E-state index in [4.69, 9.17) is 14.5 Å². The topological polar surface area (TPSA) is 47.5 Å². The van der Waals surface area contributed by atoms with Gasteiger partial charge in [0.1, 0.15) is 0 Å². The standard InChI is InChI=1S/C22H21N3O2/c1-25(2)15-9-7-14(8-10-15)21-16-12-19(26-3)20(27-4)13-17(16)22-18(24-21)6-5-11-23-22/h5-13H,1-4H3. The average Bonchev–Trinajstić information content (AvgIpc) is 2.72. The third kappa shape index (κ3) is 2.91. The van der Waals surface area contributed by atoms with E-state index in [1.807, 2.05) is 38.4 Å². The van der Waals surface area contributed by atoms with Gasteiger partial charge < -0.3 is 14.4 Å². The number of benzene rings is 2. The first kappa shape index (κ1) is 17.1. The van der Waals surface area contributed by atoms with Crippen LogP contribution in [0.1, 0.15) is 0 Å². The van der Waals surface area contributed by atoms with E-state index in [1.54, 1.807) is 20.4 Å². The maximum atomic E-state index is 5.52. The second kappa shape index (κ2) is 6.76. The summed E-state index contributed by atoms with van der Waals surface area (Å²) in [6.45, 7) is 0. The van der Waals surface area contributed by atoms with Gasteiger partial charge in [-0.2, -0.15) is 0 Å². The van der Waals surface area contributed by atoms with Crippen LogP contribution in [0.5, 0.6) is 11.5 Å². The highest BCUT2D eigenvalue weighted by molar-refractivity contribution is 6.10. The predicted octanol–water partition coefficient (Wildman–Crippen LogP) is 4.53. The third-order valence-electron chi connectivity index (χ3n) is 4.71. The SMILES string of the molecule is COc1cc2c(-c3ccc(N(C)C)cc3)nc3cccnc3c2cc1OC. The molecule has 0 radical (unpaired) electrons. The van der Waals surface area contributed by atoms with E-state index < -0.39 is 0 Å². The molecule has 2 heterocycles. The molecule has 27 heavy (non-hydrogen) atoms. The zero-order valence-corrected chi connectivity index (χ0v) is 15.9. The molecule has 0 aliphatic carbocycles. The summed E-state index contributed by atoms with van der Waals surface area (Å²) in [5, 5.41) is 1.97. The van der Waals surface area contributed by atoms with Gasteiger partial charge in [0.25, 0.3) is 0 Å². The van der Waals surface area contributed by atoms with E-state index in [0.717, 1.165) is 38.8 Å². The normalized spacial score (nSPS) is 11.0. The monoisotopic (exact) mass is 359 g/mol. The summed E-state index contributed by atoms with van der Waals surface area (Å²) in [4.78, 5) is 11.5. The minimum atomic E-state index is 0.674. The number of aromatic nitrogens is 2. The van der Waals surface area contributed by atoms with E-state index in [0.29, 0.717) is 11.5 Å². The van der Waals surface area contributed by atoms with Gasteiger partial charge in [-0.05, 0) is 36.4 Å². The van der Waals surface area contributed by atoms with Crippen molar-refractivity contribution in [2.45, 2.75) is 0 Å². The Morgan fingerprint density at radius 1 is 0.852 bits per heavy atom. The molecule has 5 nitrogen and oxygen atoms in total. The van der Waals surface area contributed by atoms with Crippen LogP contribution >= 0.6 is 0 Å². The Morgan fingerprint density at radius 3 is 2.15 bits per heavy atom. The molecule has 0 fully saturated rings. The lowest BCUT2D eigenvalue weighted by atomic mass is 10.0. The summed E-state index contributed by atoms with van der Waals surface area (Å²) in [7, 11) is 7.34. The molecule has 5 heteroatoms. The Labute approximate surface area is 158 Å². The summed E-state index contributed by atoms with van der Waals surface area (Å²) >= 11 is 0. The fourth-order valence-electron chi connectivity index (χ4n) is 3.28. The van der Waals surface area contributed by atoms with E-state index in [2.05, 4.69) is 34.1 Å². The molecule has 136 valence electrons. The van der Waals surface area contributed by atoms with Gasteiger partial charge in [-0.15, -0.1) is 0 Å². The van der Waals surface area contributed by atoms with Gasteiger partial charge >= 0.3 is 0 Å². The summed E-state index contributed by atoms with van der Waals surface area (Å²) in [6.07, 6.45) is 1.78. The number of rotatable bonds is 4. The van der Waals surface area contributed by atoms with Crippen LogP contribution in [0.15, 0.2) is 54.7 Å². The molecule has 4 aromatic rings. The maximum Gasteiger partial charge on any atom is 0.161 e. The number of anilines is 1. The van der Waals surface area contributed by atoms with Crippen molar-refractivity contribution < 1.29 is 9.47 Å². The molecule has 4 rings (SSSR count). The summed E-state index contributed by atoms with van der Waals surface area (Å²) in [6, 6.07) is 16.2. The number of fused-ring (bicyclic) bond motifs is 3. The lowest BCUT2D eigenvalue weighted by molar-refractivity contribution is 0.356. The smallest absolute Gasteiger partial charge is 0.161 e. The zero-order valence-electron chi connectivity index (χ0n) is 15.9. The molecule has 0 atom stereocenters. The Balaban J connectivity index is 2.05. The van der Waals surface area contributed by atoms with Gasteiger partial charge in [0.05, 0.1) is 30.9 Å². The number of methoxy groups -OCH3 is 2. The van der Waals surface area contributed by atoms with Crippen molar-refractivity contribution in [3.05, 3.63) is 54.7 Å². The molecule has 0 saturated heterocycles. The second-order valence-corrected chi connectivity index (χ2v) is 6.53. The fraction of sp³-hybridized carbons (Fsp3) is 0.182. The Kier molecular flexibility index (Phi) is 4.28. The molecule has 0 amide bonds. The maximum absolute atomic E-state index is 5.52. The van der Waals surface area contributed by atoms with E-state index in [-0.39, 0.29) is 0 Å². The molecule has 0 aliphatic rings. The van der Waals surface area contributed by atoms with Gasteiger partial charge in [-0.25, -0.2) is 4.98 Å². The van der Waals surface area contributed by atoms with Crippen LogP contribution in [0.3, 0.4) is 0 Å². The number of ether oxygens (including phenoxy) is 2. The van der Waals surface area contributed by atoms with Crippen LogP contribution in [0.25, 0.3) is 33.1 Å². The average molecular weight is 359 g/mol. The Hall–Kier alpha value is -3.34. The van der Waals surface area contributed by atoms with Gasteiger partial charge in [0.2, 0.25) is 0 Å². The number of hydrogen-bond donors (Lipinski definition) is 0. The van der Waals surface area contributed by atoms with Gasteiger partial charge in [-0.1, -0.05) is 12.1 Å². The summed E-state index contributed by atoms with van der Waals surface area (Å²) < 4.78 is 11.0. The molecule has 0 saturated carbocycles. The summed E-state index contributed by atoms with van der Waals surface area (Å²) in [5.74, 6) is 1.35. The Morgan fingerprint density at radius 2 is 1.52 bits per heavy atom. The van der Waals surface area contributed by atoms with Crippen molar-refractivity contribution in [3.8, 4) is 22.8 Å². The van der Waals surface area contributed by atoms with Crippen molar-refractivity contribution in [3.63, 3.8) is 0 Å². The largest absolute Gasteiger partial charge is 0.493 e. The van der Waals surface area contributed by atoms with Crippen LogP contribution in [-0.4, -0.2) is 38.3 Å². The number of pyridine rings is 2. The molecular weight excluding hydrogens is 338 g/mol.